The lowest BCUT2D eigenvalue weighted by molar-refractivity contribution is 0.244. The molecule has 0 amide bonds. The van der Waals surface area contributed by atoms with Gasteiger partial charge in [-0.3, -0.25) is 4.90 Å². The van der Waals surface area contributed by atoms with Crippen LogP contribution in [0.1, 0.15) is 52.2 Å². The zero-order chi connectivity index (χ0) is 15.0. The summed E-state index contributed by atoms with van der Waals surface area (Å²) in [5.74, 6) is 1.39. The number of hydrogen-bond donors (Lipinski definition) is 0. The number of rotatable bonds is 3. The van der Waals surface area contributed by atoms with Crippen LogP contribution < -0.4 is 0 Å². The third-order valence-corrected chi connectivity index (χ3v) is 5.28. The lowest BCUT2D eigenvalue weighted by Crippen LogP contribution is -2.30. The highest BCUT2D eigenvalue weighted by Gasteiger charge is 2.19. The van der Waals surface area contributed by atoms with Crippen molar-refractivity contribution in [2.45, 2.75) is 53.1 Å². The van der Waals surface area contributed by atoms with E-state index in [0.717, 1.165) is 31.9 Å². The second-order valence-corrected chi connectivity index (χ2v) is 7.61. The van der Waals surface area contributed by atoms with Crippen LogP contribution in [0.25, 0.3) is 0 Å². The van der Waals surface area contributed by atoms with E-state index in [2.05, 4.69) is 43.6 Å². The van der Waals surface area contributed by atoms with Gasteiger partial charge >= 0.3 is 0 Å². The van der Waals surface area contributed by atoms with Gasteiger partial charge in [0, 0.05) is 59.2 Å². The highest BCUT2D eigenvalue weighted by atomic mass is 32.1. The number of aryl methyl sites for hydroxylation is 2. The van der Waals surface area contributed by atoms with E-state index in [4.69, 9.17) is 4.98 Å². The van der Waals surface area contributed by atoms with Crippen LogP contribution in [0, 0.1) is 13.8 Å². The Bertz CT molecular complexity index is 626. The summed E-state index contributed by atoms with van der Waals surface area (Å²) >= 11 is 1.92. The van der Waals surface area contributed by atoms with Gasteiger partial charge in [-0.15, -0.1) is 11.3 Å². The van der Waals surface area contributed by atoms with Gasteiger partial charge in [0.2, 0.25) is 0 Å². The molecule has 0 saturated heterocycles. The summed E-state index contributed by atoms with van der Waals surface area (Å²) < 4.78 is 0. The molecular formula is C17H23N3S. The maximum absolute atomic E-state index is 4.74. The van der Waals surface area contributed by atoms with Gasteiger partial charge in [0.15, 0.2) is 0 Å². The molecule has 3 rings (SSSR count). The van der Waals surface area contributed by atoms with E-state index in [1.807, 2.05) is 17.5 Å². The van der Waals surface area contributed by atoms with E-state index < -0.39 is 0 Å². The smallest absolute Gasteiger partial charge is 0.131 e. The summed E-state index contributed by atoms with van der Waals surface area (Å²) in [6.07, 6.45) is 3.08. The van der Waals surface area contributed by atoms with Gasteiger partial charge in [-0.25, -0.2) is 9.97 Å². The van der Waals surface area contributed by atoms with E-state index in [9.17, 15) is 0 Å². The zero-order valence-electron chi connectivity index (χ0n) is 13.3. The number of aromatic nitrogens is 2. The lowest BCUT2D eigenvalue weighted by atomic mass is 10.1. The first-order chi connectivity index (χ1) is 10.0. The van der Waals surface area contributed by atoms with Crippen LogP contribution in [0.15, 0.2) is 12.3 Å². The quantitative estimate of drug-likeness (QED) is 0.862. The lowest BCUT2D eigenvalue weighted by Gasteiger charge is -2.27. The average Bonchev–Trinajstić information content (AvgIpc) is 2.76. The minimum absolute atomic E-state index is 0.408. The minimum atomic E-state index is 0.408. The van der Waals surface area contributed by atoms with E-state index in [1.54, 1.807) is 0 Å². The molecule has 0 aliphatic carbocycles. The molecule has 0 bridgehead atoms. The van der Waals surface area contributed by atoms with Crippen molar-refractivity contribution in [3.63, 3.8) is 0 Å². The Hall–Kier alpha value is -1.26. The van der Waals surface area contributed by atoms with Crippen molar-refractivity contribution in [2.75, 3.05) is 6.54 Å². The van der Waals surface area contributed by atoms with Crippen LogP contribution in [0.3, 0.4) is 0 Å². The van der Waals surface area contributed by atoms with Crippen LogP contribution in [0.4, 0.5) is 0 Å². The third kappa shape index (κ3) is 3.16. The second kappa shape index (κ2) is 5.85. The van der Waals surface area contributed by atoms with Crippen LogP contribution in [-0.4, -0.2) is 21.4 Å². The van der Waals surface area contributed by atoms with E-state index in [-0.39, 0.29) is 0 Å². The van der Waals surface area contributed by atoms with Gasteiger partial charge in [-0.2, -0.15) is 0 Å². The van der Waals surface area contributed by atoms with Crippen LogP contribution in [0.2, 0.25) is 0 Å². The molecule has 0 unspecified atom stereocenters. The second-order valence-electron chi connectivity index (χ2n) is 6.27. The number of thiophene rings is 1. The molecule has 0 spiro atoms. The molecular weight excluding hydrogens is 278 g/mol. The summed E-state index contributed by atoms with van der Waals surface area (Å²) in [6.45, 7) is 11.8. The summed E-state index contributed by atoms with van der Waals surface area (Å²) in [6, 6.07) is 2.33. The third-order valence-electron chi connectivity index (χ3n) is 4.14. The van der Waals surface area contributed by atoms with Crippen LogP contribution in [0.5, 0.6) is 0 Å². The first-order valence-electron chi connectivity index (χ1n) is 7.66. The molecule has 0 saturated carbocycles. The van der Waals surface area contributed by atoms with Gasteiger partial charge in [-0.1, -0.05) is 13.8 Å². The van der Waals surface area contributed by atoms with Crippen molar-refractivity contribution in [2.24, 2.45) is 0 Å². The molecule has 1 aliphatic heterocycles. The predicted molar refractivity (Wildman–Crippen MR) is 87.7 cm³/mol. The van der Waals surface area contributed by atoms with E-state index in [0.29, 0.717) is 5.92 Å². The molecule has 0 atom stereocenters. The van der Waals surface area contributed by atoms with Crippen molar-refractivity contribution < 1.29 is 0 Å². The number of fused-ring (bicyclic) bond motifs is 1. The molecule has 4 heteroatoms. The van der Waals surface area contributed by atoms with Crippen molar-refractivity contribution in [3.05, 3.63) is 44.7 Å². The highest BCUT2D eigenvalue weighted by Crippen LogP contribution is 2.25. The average molecular weight is 301 g/mol. The molecule has 0 radical (unpaired) electrons. The molecule has 1 aliphatic rings. The summed E-state index contributed by atoms with van der Waals surface area (Å²) in [7, 11) is 0. The largest absolute Gasteiger partial charge is 0.293 e. The van der Waals surface area contributed by atoms with Gasteiger partial charge in [-0.05, 0) is 25.5 Å². The molecule has 3 nitrogen and oxygen atoms in total. The maximum Gasteiger partial charge on any atom is 0.131 e. The number of nitrogens with zero attached hydrogens (tertiary/aromatic N) is 3. The van der Waals surface area contributed by atoms with E-state index in [1.165, 1.54) is 26.6 Å². The maximum atomic E-state index is 4.74. The van der Waals surface area contributed by atoms with Gasteiger partial charge in [0.05, 0.1) is 0 Å². The number of hydrogen-bond acceptors (Lipinski definition) is 4. The normalized spacial score (nSPS) is 15.5. The van der Waals surface area contributed by atoms with Gasteiger partial charge in [0.1, 0.15) is 5.82 Å². The zero-order valence-corrected chi connectivity index (χ0v) is 14.1. The topological polar surface area (TPSA) is 29.0 Å². The first kappa shape index (κ1) is 14.7. The SMILES string of the molecule is Cc1cc(CN2CCc3nc(C(C)C)ncc3C2)sc1C. The van der Waals surface area contributed by atoms with Crippen molar-refractivity contribution in [3.8, 4) is 0 Å². The molecule has 0 aromatic carbocycles. The summed E-state index contributed by atoms with van der Waals surface area (Å²) in [5.41, 5.74) is 3.97. The monoisotopic (exact) mass is 301 g/mol. The molecule has 0 N–H and O–H groups in total. The van der Waals surface area contributed by atoms with Crippen molar-refractivity contribution in [1.82, 2.24) is 14.9 Å². The molecule has 0 fully saturated rings. The molecule has 2 aromatic heterocycles. The molecule has 21 heavy (non-hydrogen) atoms. The highest BCUT2D eigenvalue weighted by molar-refractivity contribution is 7.12. The molecule has 3 heterocycles. The predicted octanol–water partition coefficient (Wildman–Crippen LogP) is 3.84. The van der Waals surface area contributed by atoms with Crippen molar-refractivity contribution >= 4 is 11.3 Å². The van der Waals surface area contributed by atoms with Gasteiger partial charge in [0.25, 0.3) is 0 Å². The Morgan fingerprint density at radius 1 is 1.33 bits per heavy atom. The summed E-state index contributed by atoms with van der Waals surface area (Å²) in [4.78, 5) is 14.7. The fraction of sp³-hybridized carbons (Fsp3) is 0.529. The minimum Gasteiger partial charge on any atom is -0.293 e. The first-order valence-corrected chi connectivity index (χ1v) is 8.47. The summed E-state index contributed by atoms with van der Waals surface area (Å²) in [5, 5.41) is 0. The Morgan fingerprint density at radius 2 is 2.14 bits per heavy atom. The Kier molecular flexibility index (Phi) is 4.09. The molecule has 112 valence electrons. The van der Waals surface area contributed by atoms with Crippen molar-refractivity contribution in [1.29, 1.82) is 0 Å². The van der Waals surface area contributed by atoms with E-state index >= 15 is 0 Å². The Morgan fingerprint density at radius 3 is 2.81 bits per heavy atom. The Labute approximate surface area is 131 Å². The van der Waals surface area contributed by atoms with Crippen LogP contribution in [-0.2, 0) is 19.5 Å². The standard InChI is InChI=1S/C17H23N3S/c1-11(2)17-18-8-14-9-20(6-5-16(14)19-17)10-15-7-12(3)13(4)21-15/h7-8,11H,5-6,9-10H2,1-4H3. The van der Waals surface area contributed by atoms with Crippen LogP contribution >= 0.6 is 11.3 Å². The molecule has 2 aromatic rings. The van der Waals surface area contributed by atoms with Gasteiger partial charge < -0.3 is 0 Å². The fourth-order valence-corrected chi connectivity index (χ4v) is 3.85. The fourth-order valence-electron chi connectivity index (χ4n) is 2.75. The Balaban J connectivity index is 1.72.